The zero-order valence-corrected chi connectivity index (χ0v) is 8.18. The molecule has 0 saturated heterocycles. The van der Waals surface area contributed by atoms with Gasteiger partial charge in [0.2, 0.25) is 0 Å². The van der Waals surface area contributed by atoms with Gasteiger partial charge < -0.3 is 4.74 Å². The van der Waals surface area contributed by atoms with Gasteiger partial charge in [-0.15, -0.1) is 0 Å². The fraction of sp³-hybridized carbons (Fsp3) is 0.800. The van der Waals surface area contributed by atoms with Gasteiger partial charge in [0.1, 0.15) is 0 Å². The third-order valence-electron chi connectivity index (χ3n) is 1.74. The van der Waals surface area contributed by atoms with E-state index in [1.54, 1.807) is 7.11 Å². The van der Waals surface area contributed by atoms with Gasteiger partial charge in [-0.3, -0.25) is 0 Å². The van der Waals surface area contributed by atoms with Crippen molar-refractivity contribution < 1.29 is 4.74 Å². The lowest BCUT2D eigenvalue weighted by Crippen LogP contribution is -1.86. The van der Waals surface area contributed by atoms with Crippen molar-refractivity contribution in [1.82, 2.24) is 0 Å². The minimum absolute atomic E-state index is 0.825. The van der Waals surface area contributed by atoms with Crippen LogP contribution >= 0.6 is 0 Å². The molecular weight excluding hydrogens is 136 g/mol. The molecule has 0 bridgehead atoms. The number of hydrogen-bond acceptors (Lipinski definition) is 1. The van der Waals surface area contributed by atoms with Gasteiger partial charge in [0, 0.05) is 0 Å². The average molecular weight is 156 g/mol. The molecule has 66 valence electrons. The minimum Gasteiger partial charge on any atom is -0.502 e. The lowest BCUT2D eigenvalue weighted by Gasteiger charge is -2.02. The largest absolute Gasteiger partial charge is 0.502 e. The van der Waals surface area contributed by atoms with Gasteiger partial charge in [-0.05, 0) is 31.8 Å². The summed E-state index contributed by atoms with van der Waals surface area (Å²) >= 11 is 0. The Morgan fingerprint density at radius 3 is 2.55 bits per heavy atom. The second-order valence-corrected chi connectivity index (χ2v) is 3.34. The summed E-state index contributed by atoms with van der Waals surface area (Å²) in [5.41, 5.74) is 0. The van der Waals surface area contributed by atoms with Crippen LogP contribution in [-0.4, -0.2) is 7.11 Å². The van der Waals surface area contributed by atoms with E-state index in [1.165, 1.54) is 12.8 Å². The van der Waals surface area contributed by atoms with Crippen LogP contribution in [0.4, 0.5) is 0 Å². The van der Waals surface area contributed by atoms with Gasteiger partial charge in [-0.2, -0.15) is 0 Å². The van der Waals surface area contributed by atoms with E-state index >= 15 is 0 Å². The maximum absolute atomic E-state index is 5.02. The lowest BCUT2D eigenvalue weighted by molar-refractivity contribution is 0.291. The van der Waals surface area contributed by atoms with Crippen molar-refractivity contribution in [3.63, 3.8) is 0 Å². The van der Waals surface area contributed by atoms with Crippen LogP contribution in [0.5, 0.6) is 0 Å². The van der Waals surface area contributed by atoms with E-state index in [4.69, 9.17) is 4.74 Å². The summed E-state index contributed by atoms with van der Waals surface area (Å²) in [5, 5.41) is 0. The molecule has 0 aromatic heterocycles. The molecule has 0 atom stereocenters. The second-order valence-electron chi connectivity index (χ2n) is 3.34. The Kier molecular flexibility index (Phi) is 6.00. The Morgan fingerprint density at radius 2 is 2.09 bits per heavy atom. The molecule has 0 aliphatic heterocycles. The molecule has 0 aromatic rings. The van der Waals surface area contributed by atoms with Gasteiger partial charge in [-0.25, -0.2) is 0 Å². The molecule has 0 spiro atoms. The second kappa shape index (κ2) is 6.26. The van der Waals surface area contributed by atoms with E-state index in [1.807, 2.05) is 6.92 Å². The maximum Gasteiger partial charge on any atom is 0.0884 e. The van der Waals surface area contributed by atoms with E-state index in [-0.39, 0.29) is 0 Å². The van der Waals surface area contributed by atoms with Crippen LogP contribution in [-0.2, 0) is 4.74 Å². The van der Waals surface area contributed by atoms with E-state index in [9.17, 15) is 0 Å². The first kappa shape index (κ1) is 10.5. The highest BCUT2D eigenvalue weighted by Crippen LogP contribution is 2.07. The molecule has 0 unspecified atom stereocenters. The normalized spacial score (nSPS) is 12.3. The van der Waals surface area contributed by atoms with Crippen LogP contribution in [0, 0.1) is 5.92 Å². The summed E-state index contributed by atoms with van der Waals surface area (Å²) in [7, 11) is 1.72. The van der Waals surface area contributed by atoms with Crippen molar-refractivity contribution >= 4 is 0 Å². The predicted molar refractivity (Wildman–Crippen MR) is 49.5 cm³/mol. The first-order valence-corrected chi connectivity index (χ1v) is 4.37. The Hall–Kier alpha value is -0.460. The maximum atomic E-state index is 5.02. The number of methoxy groups -OCH3 is 1. The molecule has 0 aliphatic carbocycles. The van der Waals surface area contributed by atoms with Crippen LogP contribution in [0.25, 0.3) is 0 Å². The summed E-state index contributed by atoms with van der Waals surface area (Å²) in [6.07, 6.45) is 5.89. The number of rotatable bonds is 5. The molecule has 0 saturated carbocycles. The standard InChI is InChI=1S/C10H20O/c1-9(2)7-5-6-8-10(3)11-4/h8-9H,5-7H2,1-4H3. The smallest absolute Gasteiger partial charge is 0.0884 e. The average Bonchev–Trinajstić information content (AvgIpc) is 1.97. The Bertz CT molecular complexity index is 114. The summed E-state index contributed by atoms with van der Waals surface area (Å²) in [6, 6.07) is 0. The Balaban J connectivity index is 3.26. The third kappa shape index (κ3) is 7.44. The monoisotopic (exact) mass is 156 g/mol. The molecule has 1 heteroatoms. The molecule has 1 nitrogen and oxygen atoms in total. The van der Waals surface area contributed by atoms with Gasteiger partial charge in [0.25, 0.3) is 0 Å². The third-order valence-corrected chi connectivity index (χ3v) is 1.74. The molecular formula is C10H20O. The summed E-state index contributed by atoms with van der Waals surface area (Å²) < 4.78 is 5.02. The zero-order chi connectivity index (χ0) is 8.69. The number of hydrogen-bond donors (Lipinski definition) is 0. The SMILES string of the molecule is COC(C)=CCCCC(C)C. The highest BCUT2D eigenvalue weighted by atomic mass is 16.5. The van der Waals surface area contributed by atoms with E-state index in [0.717, 1.165) is 18.1 Å². The zero-order valence-electron chi connectivity index (χ0n) is 8.18. The van der Waals surface area contributed by atoms with Crippen LogP contribution in [0.3, 0.4) is 0 Å². The minimum atomic E-state index is 0.825. The number of ether oxygens (including phenoxy) is 1. The van der Waals surface area contributed by atoms with Crippen LogP contribution in [0.2, 0.25) is 0 Å². The van der Waals surface area contributed by atoms with Crippen molar-refractivity contribution in [3.05, 3.63) is 11.8 Å². The molecule has 0 aromatic carbocycles. The Morgan fingerprint density at radius 1 is 1.45 bits per heavy atom. The molecule has 0 heterocycles. The fourth-order valence-electron chi connectivity index (χ4n) is 0.915. The summed E-state index contributed by atoms with van der Waals surface area (Å²) in [4.78, 5) is 0. The topological polar surface area (TPSA) is 9.23 Å². The first-order chi connectivity index (χ1) is 5.16. The van der Waals surface area contributed by atoms with Crippen molar-refractivity contribution in [2.24, 2.45) is 5.92 Å². The molecule has 11 heavy (non-hydrogen) atoms. The summed E-state index contributed by atoms with van der Waals surface area (Å²) in [5.74, 6) is 1.86. The van der Waals surface area contributed by atoms with Crippen LogP contribution in [0.15, 0.2) is 11.8 Å². The van der Waals surface area contributed by atoms with Crippen molar-refractivity contribution in [2.75, 3.05) is 7.11 Å². The van der Waals surface area contributed by atoms with Crippen molar-refractivity contribution in [3.8, 4) is 0 Å². The molecule has 0 rings (SSSR count). The van der Waals surface area contributed by atoms with Crippen LogP contribution < -0.4 is 0 Å². The molecule has 0 fully saturated rings. The fourth-order valence-corrected chi connectivity index (χ4v) is 0.915. The number of allylic oxidation sites excluding steroid dienone is 2. The predicted octanol–water partition coefficient (Wildman–Crippen LogP) is 3.36. The van der Waals surface area contributed by atoms with Gasteiger partial charge in [0.05, 0.1) is 12.9 Å². The molecule has 0 aliphatic rings. The number of unbranched alkanes of at least 4 members (excludes halogenated alkanes) is 1. The molecule has 0 N–H and O–H groups in total. The lowest BCUT2D eigenvalue weighted by atomic mass is 10.1. The summed E-state index contributed by atoms with van der Waals surface area (Å²) in [6.45, 7) is 6.51. The van der Waals surface area contributed by atoms with Crippen LogP contribution in [0.1, 0.15) is 40.0 Å². The van der Waals surface area contributed by atoms with Gasteiger partial charge >= 0.3 is 0 Å². The Labute approximate surface area is 70.4 Å². The van der Waals surface area contributed by atoms with Crippen molar-refractivity contribution in [1.29, 1.82) is 0 Å². The van der Waals surface area contributed by atoms with Crippen molar-refractivity contribution in [2.45, 2.75) is 40.0 Å². The quantitative estimate of drug-likeness (QED) is 0.438. The highest BCUT2D eigenvalue weighted by Gasteiger charge is 1.92. The van der Waals surface area contributed by atoms with E-state index < -0.39 is 0 Å². The van der Waals surface area contributed by atoms with Gasteiger partial charge in [0.15, 0.2) is 0 Å². The van der Waals surface area contributed by atoms with E-state index in [2.05, 4.69) is 19.9 Å². The molecule has 0 radical (unpaired) electrons. The highest BCUT2D eigenvalue weighted by molar-refractivity contribution is 4.87. The first-order valence-electron chi connectivity index (χ1n) is 4.37. The van der Waals surface area contributed by atoms with Gasteiger partial charge in [-0.1, -0.05) is 20.3 Å². The molecule has 0 amide bonds. The van der Waals surface area contributed by atoms with E-state index in [0.29, 0.717) is 0 Å².